The third kappa shape index (κ3) is 3.39. The lowest BCUT2D eigenvalue weighted by Gasteiger charge is -2.35. The van der Waals surface area contributed by atoms with Crippen molar-refractivity contribution in [2.45, 2.75) is 31.7 Å². The number of rotatable bonds is 5. The van der Waals surface area contributed by atoms with E-state index in [4.69, 9.17) is 0 Å². The minimum Gasteiger partial charge on any atom is -0.356 e. The fourth-order valence-electron chi connectivity index (χ4n) is 3.46. The van der Waals surface area contributed by atoms with Crippen LogP contribution in [-0.2, 0) is 10.0 Å². The van der Waals surface area contributed by atoms with Crippen LogP contribution in [-0.4, -0.2) is 60.6 Å². The summed E-state index contributed by atoms with van der Waals surface area (Å²) in [6.07, 6.45) is 7.30. The number of hydrogen-bond acceptors (Lipinski definition) is 5. The van der Waals surface area contributed by atoms with Gasteiger partial charge in [-0.2, -0.15) is 0 Å². The Hall–Kier alpha value is -1.67. The Morgan fingerprint density at radius 1 is 1.17 bits per heavy atom. The smallest absolute Gasteiger partial charge is 0.213 e. The van der Waals surface area contributed by atoms with Crippen LogP contribution in [0.3, 0.4) is 0 Å². The largest absolute Gasteiger partial charge is 0.356 e. The van der Waals surface area contributed by atoms with Gasteiger partial charge in [0.25, 0.3) is 0 Å². The molecule has 1 aliphatic carbocycles. The third-order valence-electron chi connectivity index (χ3n) is 5.03. The van der Waals surface area contributed by atoms with Gasteiger partial charge in [-0.3, -0.25) is 0 Å². The molecule has 3 rings (SSSR count). The molecule has 8 heteroatoms. The highest BCUT2D eigenvalue weighted by Crippen LogP contribution is 2.32. The van der Waals surface area contributed by atoms with Crippen molar-refractivity contribution in [3.8, 4) is 0 Å². The van der Waals surface area contributed by atoms with Gasteiger partial charge in [0.2, 0.25) is 10.0 Å². The standard InChI is InChI=1S/C16H25N5O2S/c1-20(2)24(22,23)10-12-4-6-13(7-5-12)21(3)16-14-8-9-17-15(14)18-11-19-16/h8-9,11-13H,4-7,10H2,1-3H3,(H,17,18,19). The van der Waals surface area contributed by atoms with Crippen LogP contribution in [0.4, 0.5) is 5.82 Å². The number of fused-ring (bicyclic) bond motifs is 1. The number of nitrogens with zero attached hydrogens (tertiary/aromatic N) is 4. The molecule has 2 aromatic heterocycles. The van der Waals surface area contributed by atoms with Gasteiger partial charge in [0.15, 0.2) is 0 Å². The van der Waals surface area contributed by atoms with Gasteiger partial charge in [-0.1, -0.05) is 0 Å². The Morgan fingerprint density at radius 3 is 2.54 bits per heavy atom. The zero-order chi connectivity index (χ0) is 17.3. The van der Waals surface area contributed by atoms with E-state index in [1.807, 2.05) is 12.3 Å². The summed E-state index contributed by atoms with van der Waals surface area (Å²) < 4.78 is 25.4. The van der Waals surface area contributed by atoms with Crippen LogP contribution >= 0.6 is 0 Å². The van der Waals surface area contributed by atoms with Crippen LogP contribution in [0.25, 0.3) is 11.0 Å². The zero-order valence-corrected chi connectivity index (χ0v) is 15.3. The molecular weight excluding hydrogens is 326 g/mol. The van der Waals surface area contributed by atoms with Crippen LogP contribution in [0.2, 0.25) is 0 Å². The average molecular weight is 351 g/mol. The summed E-state index contributed by atoms with van der Waals surface area (Å²) in [5, 5.41) is 1.03. The third-order valence-corrected chi connectivity index (χ3v) is 7.04. The van der Waals surface area contributed by atoms with Gasteiger partial charge >= 0.3 is 0 Å². The molecule has 1 N–H and O–H groups in total. The first kappa shape index (κ1) is 17.2. The van der Waals surface area contributed by atoms with Gasteiger partial charge in [-0.15, -0.1) is 0 Å². The molecule has 0 bridgehead atoms. The normalized spacial score (nSPS) is 22.2. The highest BCUT2D eigenvalue weighted by molar-refractivity contribution is 7.89. The van der Waals surface area contributed by atoms with E-state index in [1.54, 1.807) is 20.4 Å². The number of anilines is 1. The van der Waals surface area contributed by atoms with Crippen molar-refractivity contribution < 1.29 is 8.42 Å². The summed E-state index contributed by atoms with van der Waals surface area (Å²) in [6, 6.07) is 2.38. The zero-order valence-electron chi connectivity index (χ0n) is 14.4. The highest BCUT2D eigenvalue weighted by Gasteiger charge is 2.29. The molecule has 0 spiro atoms. The van der Waals surface area contributed by atoms with Crippen LogP contribution in [0.15, 0.2) is 18.6 Å². The number of H-pyrrole nitrogens is 1. The van der Waals surface area contributed by atoms with Crippen molar-refractivity contribution in [3.63, 3.8) is 0 Å². The monoisotopic (exact) mass is 351 g/mol. The number of sulfonamides is 1. The summed E-state index contributed by atoms with van der Waals surface area (Å²) in [7, 11) is 2.16. The first-order valence-electron chi connectivity index (χ1n) is 8.29. The van der Waals surface area contributed by atoms with Gasteiger partial charge in [0.1, 0.15) is 17.8 Å². The lowest BCUT2D eigenvalue weighted by atomic mass is 9.86. The van der Waals surface area contributed by atoms with Crippen LogP contribution < -0.4 is 4.90 Å². The summed E-state index contributed by atoms with van der Waals surface area (Å²) in [6.45, 7) is 0. The van der Waals surface area contributed by atoms with Gasteiger partial charge < -0.3 is 9.88 Å². The van der Waals surface area contributed by atoms with Gasteiger partial charge in [-0.25, -0.2) is 22.7 Å². The summed E-state index contributed by atoms with van der Waals surface area (Å²) in [4.78, 5) is 14.0. The maximum absolute atomic E-state index is 12.0. The van der Waals surface area contributed by atoms with E-state index in [9.17, 15) is 8.42 Å². The molecule has 0 aromatic carbocycles. The number of hydrogen-bond donors (Lipinski definition) is 1. The molecule has 0 atom stereocenters. The molecule has 2 heterocycles. The summed E-state index contributed by atoms with van der Waals surface area (Å²) in [5.41, 5.74) is 0.845. The van der Waals surface area contributed by atoms with Gasteiger partial charge in [0, 0.05) is 33.4 Å². The maximum atomic E-state index is 12.0. The maximum Gasteiger partial charge on any atom is 0.213 e. The molecule has 1 fully saturated rings. The Morgan fingerprint density at radius 2 is 1.88 bits per heavy atom. The molecule has 0 saturated heterocycles. The van der Waals surface area contributed by atoms with Crippen molar-refractivity contribution in [1.29, 1.82) is 0 Å². The lowest BCUT2D eigenvalue weighted by Crippen LogP contribution is -2.38. The van der Waals surface area contributed by atoms with E-state index in [0.717, 1.165) is 42.5 Å². The molecule has 0 unspecified atom stereocenters. The van der Waals surface area contributed by atoms with Crippen LogP contribution in [0, 0.1) is 5.92 Å². The molecule has 0 amide bonds. The lowest BCUT2D eigenvalue weighted by molar-refractivity contribution is 0.337. The molecule has 1 aliphatic rings. The molecular formula is C16H25N5O2S. The molecule has 2 aromatic rings. The minimum atomic E-state index is -3.11. The predicted octanol–water partition coefficient (Wildman–Crippen LogP) is 1.84. The Bertz CT molecular complexity index is 794. The fraction of sp³-hybridized carbons (Fsp3) is 0.625. The van der Waals surface area contributed by atoms with Gasteiger partial charge in [0.05, 0.1) is 11.1 Å². The second kappa shape index (κ2) is 6.68. The second-order valence-corrected chi connectivity index (χ2v) is 9.01. The molecule has 0 radical (unpaired) electrons. The summed E-state index contributed by atoms with van der Waals surface area (Å²) in [5.74, 6) is 1.44. The second-order valence-electron chi connectivity index (χ2n) is 6.78. The molecule has 132 valence electrons. The Kier molecular flexibility index (Phi) is 4.78. The summed E-state index contributed by atoms with van der Waals surface area (Å²) >= 11 is 0. The van der Waals surface area contributed by atoms with Crippen LogP contribution in [0.1, 0.15) is 25.7 Å². The van der Waals surface area contributed by atoms with E-state index in [2.05, 4.69) is 26.9 Å². The topological polar surface area (TPSA) is 82.2 Å². The van der Waals surface area contributed by atoms with Crippen molar-refractivity contribution in [3.05, 3.63) is 18.6 Å². The van der Waals surface area contributed by atoms with Crippen molar-refractivity contribution in [1.82, 2.24) is 19.3 Å². The van der Waals surface area contributed by atoms with Gasteiger partial charge in [-0.05, 0) is 37.7 Å². The van der Waals surface area contributed by atoms with Crippen LogP contribution in [0.5, 0.6) is 0 Å². The molecule has 1 saturated carbocycles. The first-order chi connectivity index (χ1) is 11.4. The van der Waals surface area contributed by atoms with E-state index < -0.39 is 10.0 Å². The molecule has 0 aliphatic heterocycles. The van der Waals surface area contributed by atoms with E-state index in [1.165, 1.54) is 4.31 Å². The van der Waals surface area contributed by atoms with Crippen molar-refractivity contribution in [2.75, 3.05) is 31.8 Å². The number of aromatic amines is 1. The highest BCUT2D eigenvalue weighted by atomic mass is 32.2. The first-order valence-corrected chi connectivity index (χ1v) is 9.90. The van der Waals surface area contributed by atoms with E-state index in [-0.39, 0.29) is 11.7 Å². The quantitative estimate of drug-likeness (QED) is 0.889. The average Bonchev–Trinajstić information content (AvgIpc) is 3.03. The Balaban J connectivity index is 1.65. The number of nitrogens with one attached hydrogen (secondary N) is 1. The fourth-order valence-corrected chi connectivity index (χ4v) is 4.69. The van der Waals surface area contributed by atoms with E-state index in [0.29, 0.717) is 6.04 Å². The minimum absolute atomic E-state index is 0.250. The van der Waals surface area contributed by atoms with E-state index >= 15 is 0 Å². The SMILES string of the molecule is CN(c1ncnc2[nH]ccc12)C1CCC(CS(=O)(=O)N(C)C)CC1. The molecule has 7 nitrogen and oxygen atoms in total. The molecule has 24 heavy (non-hydrogen) atoms. The predicted molar refractivity (Wildman–Crippen MR) is 95.5 cm³/mol. The van der Waals surface area contributed by atoms with Crippen molar-refractivity contribution >= 4 is 26.9 Å². The Labute approximate surface area is 143 Å². The number of aromatic nitrogens is 3. The van der Waals surface area contributed by atoms with Crippen molar-refractivity contribution in [2.24, 2.45) is 5.92 Å².